The van der Waals surface area contributed by atoms with Crippen LogP contribution >= 0.6 is 11.6 Å². The van der Waals surface area contributed by atoms with E-state index < -0.39 is 11.9 Å². The summed E-state index contributed by atoms with van der Waals surface area (Å²) in [7, 11) is 0. The first kappa shape index (κ1) is 13.5. The number of hydrogen-bond donors (Lipinski definition) is 0. The number of anilines is 1. The van der Waals surface area contributed by atoms with Gasteiger partial charge in [-0.25, -0.2) is 4.98 Å². The predicted octanol–water partition coefficient (Wildman–Crippen LogP) is 3.56. The molecule has 1 saturated heterocycles. The molecule has 1 fully saturated rings. The van der Waals surface area contributed by atoms with E-state index in [9.17, 15) is 13.2 Å². The second-order valence-corrected chi connectivity index (χ2v) is 4.77. The van der Waals surface area contributed by atoms with Crippen LogP contribution in [0.25, 0.3) is 0 Å². The zero-order valence-corrected chi connectivity index (χ0v) is 10.5. The summed E-state index contributed by atoms with van der Waals surface area (Å²) in [6.45, 7) is 1.43. The number of pyridine rings is 1. The number of alkyl halides is 4. The van der Waals surface area contributed by atoms with Crippen LogP contribution in [0.3, 0.4) is 0 Å². The Hall–Kier alpha value is -0.970. The average molecular weight is 279 g/mol. The van der Waals surface area contributed by atoms with Gasteiger partial charge in [0.2, 0.25) is 0 Å². The van der Waals surface area contributed by atoms with Crippen LogP contribution in [0, 0.1) is 5.92 Å². The van der Waals surface area contributed by atoms with Crippen LogP contribution in [0.1, 0.15) is 18.5 Å². The smallest absolute Gasteiger partial charge is 0.357 e. The number of nitrogens with zero attached hydrogens (tertiary/aromatic N) is 2. The molecule has 0 amide bonds. The summed E-state index contributed by atoms with van der Waals surface area (Å²) >= 11 is 5.78. The molecule has 0 radical (unpaired) electrons. The molecule has 0 aromatic carbocycles. The fraction of sp³-hybridized carbons (Fsp3) is 0.583. The second kappa shape index (κ2) is 5.34. The third-order valence-corrected chi connectivity index (χ3v) is 3.62. The maximum Gasteiger partial charge on any atom is 0.433 e. The van der Waals surface area contributed by atoms with E-state index in [0.717, 1.165) is 18.9 Å². The molecular weight excluding hydrogens is 265 g/mol. The first-order valence-corrected chi connectivity index (χ1v) is 6.39. The van der Waals surface area contributed by atoms with Gasteiger partial charge in [0, 0.05) is 19.0 Å². The standard InChI is InChI=1S/C12H14ClF3N2/c13-8-9-4-6-18(7-5-9)11-3-1-2-10(17-11)12(14,15)16/h1-3,9H,4-8H2. The highest BCUT2D eigenvalue weighted by Gasteiger charge is 2.33. The van der Waals surface area contributed by atoms with Crippen molar-refractivity contribution in [2.45, 2.75) is 19.0 Å². The first-order chi connectivity index (χ1) is 8.50. The monoisotopic (exact) mass is 278 g/mol. The van der Waals surface area contributed by atoms with Gasteiger partial charge in [0.05, 0.1) is 0 Å². The average Bonchev–Trinajstić information content (AvgIpc) is 2.38. The van der Waals surface area contributed by atoms with Crippen molar-refractivity contribution in [2.24, 2.45) is 5.92 Å². The van der Waals surface area contributed by atoms with Gasteiger partial charge in [-0.05, 0) is 30.9 Å². The lowest BCUT2D eigenvalue weighted by Crippen LogP contribution is -2.35. The highest BCUT2D eigenvalue weighted by molar-refractivity contribution is 6.18. The highest BCUT2D eigenvalue weighted by Crippen LogP contribution is 2.30. The minimum atomic E-state index is -4.38. The third kappa shape index (κ3) is 3.07. The number of piperidine rings is 1. The van der Waals surface area contributed by atoms with Crippen molar-refractivity contribution in [3.63, 3.8) is 0 Å². The fourth-order valence-electron chi connectivity index (χ4n) is 2.07. The highest BCUT2D eigenvalue weighted by atomic mass is 35.5. The maximum atomic E-state index is 12.6. The lowest BCUT2D eigenvalue weighted by atomic mass is 9.99. The minimum Gasteiger partial charge on any atom is -0.357 e. The minimum absolute atomic E-state index is 0.401. The summed E-state index contributed by atoms with van der Waals surface area (Å²) in [5.74, 6) is 1.48. The molecule has 0 saturated carbocycles. The molecule has 0 unspecified atom stereocenters. The van der Waals surface area contributed by atoms with Crippen LogP contribution in [0.4, 0.5) is 19.0 Å². The molecule has 0 N–H and O–H groups in total. The van der Waals surface area contributed by atoms with Crippen molar-refractivity contribution in [3.8, 4) is 0 Å². The summed E-state index contributed by atoms with van der Waals surface area (Å²) in [4.78, 5) is 5.57. The molecule has 18 heavy (non-hydrogen) atoms. The van der Waals surface area contributed by atoms with Crippen molar-refractivity contribution >= 4 is 17.4 Å². The van der Waals surface area contributed by atoms with E-state index >= 15 is 0 Å². The van der Waals surface area contributed by atoms with Crippen LogP contribution in [0.15, 0.2) is 18.2 Å². The molecule has 0 bridgehead atoms. The molecule has 1 aromatic rings. The van der Waals surface area contributed by atoms with Gasteiger partial charge in [-0.1, -0.05) is 6.07 Å². The molecule has 0 atom stereocenters. The normalized spacial score (nSPS) is 18.1. The van der Waals surface area contributed by atoms with Crippen molar-refractivity contribution in [1.82, 2.24) is 4.98 Å². The largest absolute Gasteiger partial charge is 0.433 e. The van der Waals surface area contributed by atoms with Crippen molar-refractivity contribution in [2.75, 3.05) is 23.9 Å². The first-order valence-electron chi connectivity index (χ1n) is 5.86. The van der Waals surface area contributed by atoms with Crippen LogP contribution in [0.2, 0.25) is 0 Å². The van der Waals surface area contributed by atoms with Crippen molar-refractivity contribution < 1.29 is 13.2 Å². The number of halogens is 4. The van der Waals surface area contributed by atoms with Crippen LogP contribution in [-0.2, 0) is 6.18 Å². The Balaban J connectivity index is 2.10. The molecular formula is C12H14ClF3N2. The van der Waals surface area contributed by atoms with E-state index in [1.807, 2.05) is 4.90 Å². The molecule has 2 rings (SSSR count). The van der Waals surface area contributed by atoms with Gasteiger partial charge in [-0.2, -0.15) is 13.2 Å². The molecule has 100 valence electrons. The Bertz CT molecular complexity index is 401. The fourth-order valence-corrected chi connectivity index (χ4v) is 2.38. The Morgan fingerprint density at radius 2 is 1.94 bits per heavy atom. The van der Waals surface area contributed by atoms with Crippen LogP contribution < -0.4 is 4.90 Å². The van der Waals surface area contributed by atoms with E-state index in [0.29, 0.717) is 30.7 Å². The van der Waals surface area contributed by atoms with Crippen LogP contribution in [-0.4, -0.2) is 24.0 Å². The number of aromatic nitrogens is 1. The second-order valence-electron chi connectivity index (χ2n) is 4.46. The maximum absolute atomic E-state index is 12.6. The zero-order valence-electron chi connectivity index (χ0n) is 9.75. The molecule has 1 aromatic heterocycles. The van der Waals surface area contributed by atoms with Gasteiger partial charge in [0.25, 0.3) is 0 Å². The SMILES string of the molecule is FC(F)(F)c1cccc(N2CCC(CCl)CC2)n1. The quantitative estimate of drug-likeness (QED) is 0.769. The van der Waals surface area contributed by atoms with Crippen molar-refractivity contribution in [3.05, 3.63) is 23.9 Å². The zero-order chi connectivity index (χ0) is 13.2. The van der Waals surface area contributed by atoms with Gasteiger partial charge < -0.3 is 4.90 Å². The van der Waals surface area contributed by atoms with Crippen LogP contribution in [0.5, 0.6) is 0 Å². The Morgan fingerprint density at radius 3 is 2.50 bits per heavy atom. The number of hydrogen-bond acceptors (Lipinski definition) is 2. The van der Waals surface area contributed by atoms with E-state index in [-0.39, 0.29) is 0 Å². The van der Waals surface area contributed by atoms with Gasteiger partial charge in [-0.15, -0.1) is 11.6 Å². The van der Waals surface area contributed by atoms with Gasteiger partial charge >= 0.3 is 6.18 Å². The lowest BCUT2D eigenvalue weighted by Gasteiger charge is -2.32. The lowest BCUT2D eigenvalue weighted by molar-refractivity contribution is -0.141. The topological polar surface area (TPSA) is 16.1 Å². The van der Waals surface area contributed by atoms with E-state index in [1.165, 1.54) is 6.07 Å². The number of rotatable bonds is 2. The summed E-state index contributed by atoms with van der Waals surface area (Å²) in [5.41, 5.74) is -0.834. The van der Waals surface area contributed by atoms with Gasteiger partial charge in [0.1, 0.15) is 11.5 Å². The Morgan fingerprint density at radius 1 is 1.28 bits per heavy atom. The summed E-state index contributed by atoms with van der Waals surface area (Å²) in [6.07, 6.45) is -2.58. The third-order valence-electron chi connectivity index (χ3n) is 3.18. The summed E-state index contributed by atoms with van der Waals surface area (Å²) in [5, 5.41) is 0. The molecule has 0 aliphatic carbocycles. The molecule has 0 spiro atoms. The Labute approximate surface area is 109 Å². The molecule has 6 heteroatoms. The van der Waals surface area contributed by atoms with Gasteiger partial charge in [0.15, 0.2) is 0 Å². The Kier molecular flexibility index (Phi) is 4.00. The van der Waals surface area contributed by atoms with E-state index in [4.69, 9.17) is 11.6 Å². The predicted molar refractivity (Wildman–Crippen MR) is 64.9 cm³/mol. The molecule has 2 nitrogen and oxygen atoms in total. The summed E-state index contributed by atoms with van der Waals surface area (Å²) < 4.78 is 37.7. The van der Waals surface area contributed by atoms with E-state index in [2.05, 4.69) is 4.98 Å². The molecule has 2 heterocycles. The molecule has 1 aliphatic rings. The molecule has 1 aliphatic heterocycles. The van der Waals surface area contributed by atoms with Gasteiger partial charge in [-0.3, -0.25) is 0 Å². The van der Waals surface area contributed by atoms with E-state index in [1.54, 1.807) is 6.07 Å². The van der Waals surface area contributed by atoms with Crippen molar-refractivity contribution in [1.29, 1.82) is 0 Å². The summed E-state index contributed by atoms with van der Waals surface area (Å²) in [6, 6.07) is 4.02.